The highest BCUT2D eigenvalue weighted by Crippen LogP contribution is 2.13. The predicted octanol–water partition coefficient (Wildman–Crippen LogP) is 3.49. The van der Waals surface area contributed by atoms with E-state index in [1.807, 2.05) is 26.0 Å². The number of nitrogens with one attached hydrogen (secondary N) is 2. The Hall–Kier alpha value is -2.60. The molecule has 2 N–H and O–H groups in total. The first-order valence-electron chi connectivity index (χ1n) is 9.13. The van der Waals surface area contributed by atoms with E-state index in [4.69, 9.17) is 9.47 Å². The second-order valence-corrected chi connectivity index (χ2v) is 6.10. The zero-order chi connectivity index (χ0) is 19.5. The van der Waals surface area contributed by atoms with Gasteiger partial charge in [0.25, 0.3) is 0 Å². The van der Waals surface area contributed by atoms with Gasteiger partial charge in [-0.1, -0.05) is 30.3 Å². The van der Waals surface area contributed by atoms with Crippen molar-refractivity contribution in [2.45, 2.75) is 33.1 Å². The summed E-state index contributed by atoms with van der Waals surface area (Å²) in [6.45, 7) is 6.37. The first kappa shape index (κ1) is 20.7. The van der Waals surface area contributed by atoms with Crippen LogP contribution in [-0.4, -0.2) is 32.3 Å². The van der Waals surface area contributed by atoms with E-state index >= 15 is 0 Å². The third-order valence-electron chi connectivity index (χ3n) is 3.94. The summed E-state index contributed by atoms with van der Waals surface area (Å²) in [5, 5.41) is 6.52. The summed E-state index contributed by atoms with van der Waals surface area (Å²) in [5.41, 5.74) is 2.32. The first-order chi connectivity index (χ1) is 13.1. The van der Waals surface area contributed by atoms with Crippen molar-refractivity contribution in [3.8, 4) is 5.75 Å². The molecule has 6 heteroatoms. The number of hydrogen-bond acceptors (Lipinski definition) is 3. The van der Waals surface area contributed by atoms with Crippen LogP contribution >= 0.6 is 0 Å². The largest absolute Gasteiger partial charge is 0.489 e. The average Bonchev–Trinajstić information content (AvgIpc) is 2.67. The van der Waals surface area contributed by atoms with Gasteiger partial charge in [-0.05, 0) is 37.1 Å². The Kier molecular flexibility index (Phi) is 8.58. The zero-order valence-electron chi connectivity index (χ0n) is 16.2. The number of benzene rings is 2. The van der Waals surface area contributed by atoms with E-state index in [0.29, 0.717) is 38.0 Å². The second-order valence-electron chi connectivity index (χ2n) is 6.10. The Balaban J connectivity index is 1.82. The molecule has 0 fully saturated rings. The van der Waals surface area contributed by atoms with E-state index in [1.165, 1.54) is 12.1 Å². The molecule has 2 rings (SSSR count). The van der Waals surface area contributed by atoms with Crippen LogP contribution in [0.4, 0.5) is 4.39 Å². The van der Waals surface area contributed by atoms with E-state index in [1.54, 1.807) is 19.2 Å². The number of nitrogens with zero attached hydrogens (tertiary/aromatic N) is 1. The molecule has 0 saturated heterocycles. The van der Waals surface area contributed by atoms with Gasteiger partial charge in [-0.25, -0.2) is 4.39 Å². The third kappa shape index (κ3) is 7.27. The lowest BCUT2D eigenvalue weighted by Crippen LogP contribution is -2.41. The summed E-state index contributed by atoms with van der Waals surface area (Å²) < 4.78 is 24.5. The van der Waals surface area contributed by atoms with Crippen molar-refractivity contribution < 1.29 is 13.9 Å². The molecule has 0 aliphatic carbocycles. The van der Waals surface area contributed by atoms with Crippen LogP contribution in [0.15, 0.2) is 53.5 Å². The highest BCUT2D eigenvalue weighted by Gasteiger charge is 2.07. The Morgan fingerprint density at radius 1 is 1.11 bits per heavy atom. The van der Waals surface area contributed by atoms with Gasteiger partial charge in [0.1, 0.15) is 17.7 Å². The first-order valence-corrected chi connectivity index (χ1v) is 9.13. The highest BCUT2D eigenvalue weighted by molar-refractivity contribution is 5.79. The molecular weight excluding hydrogens is 345 g/mol. The van der Waals surface area contributed by atoms with Gasteiger partial charge >= 0.3 is 0 Å². The maximum Gasteiger partial charge on any atom is 0.191 e. The minimum atomic E-state index is -0.309. The van der Waals surface area contributed by atoms with Crippen molar-refractivity contribution >= 4 is 5.96 Å². The van der Waals surface area contributed by atoms with Gasteiger partial charge in [0, 0.05) is 26.3 Å². The molecule has 0 aromatic heterocycles. The Bertz CT molecular complexity index is 737. The molecule has 0 amide bonds. The SMILES string of the molecule is CCOCc1ccccc1CNC(=NC)NCC(C)Oc1cccc(F)c1. The molecule has 0 radical (unpaired) electrons. The molecule has 0 aliphatic rings. The lowest BCUT2D eigenvalue weighted by molar-refractivity contribution is 0.133. The van der Waals surface area contributed by atoms with E-state index in [-0.39, 0.29) is 11.9 Å². The molecule has 27 heavy (non-hydrogen) atoms. The summed E-state index contributed by atoms with van der Waals surface area (Å²) in [5.74, 6) is 0.879. The molecule has 0 saturated carbocycles. The quantitative estimate of drug-likeness (QED) is 0.522. The predicted molar refractivity (Wildman–Crippen MR) is 106 cm³/mol. The number of guanidine groups is 1. The fraction of sp³-hybridized carbons (Fsp3) is 0.381. The van der Waals surface area contributed by atoms with Crippen LogP contribution in [-0.2, 0) is 17.9 Å². The molecule has 1 unspecified atom stereocenters. The molecule has 0 aliphatic heterocycles. The molecule has 1 atom stereocenters. The Labute approximate surface area is 160 Å². The van der Waals surface area contributed by atoms with Crippen LogP contribution in [0, 0.1) is 5.82 Å². The summed E-state index contributed by atoms with van der Waals surface area (Å²) in [6, 6.07) is 14.3. The topological polar surface area (TPSA) is 54.9 Å². The van der Waals surface area contributed by atoms with Crippen molar-refractivity contribution in [1.82, 2.24) is 10.6 Å². The molecule has 5 nitrogen and oxygen atoms in total. The number of ether oxygens (including phenoxy) is 2. The summed E-state index contributed by atoms with van der Waals surface area (Å²) in [7, 11) is 1.72. The van der Waals surface area contributed by atoms with Gasteiger partial charge in [0.2, 0.25) is 0 Å². The third-order valence-corrected chi connectivity index (χ3v) is 3.94. The van der Waals surface area contributed by atoms with Crippen molar-refractivity contribution in [2.24, 2.45) is 4.99 Å². The van der Waals surface area contributed by atoms with Gasteiger partial charge in [-0.15, -0.1) is 0 Å². The molecule has 0 spiro atoms. The van der Waals surface area contributed by atoms with Crippen molar-refractivity contribution in [3.63, 3.8) is 0 Å². The number of rotatable bonds is 9. The van der Waals surface area contributed by atoms with Gasteiger partial charge in [-0.3, -0.25) is 4.99 Å². The highest BCUT2D eigenvalue weighted by atomic mass is 19.1. The maximum absolute atomic E-state index is 13.2. The minimum Gasteiger partial charge on any atom is -0.489 e. The summed E-state index contributed by atoms with van der Waals surface area (Å²) in [4.78, 5) is 4.24. The van der Waals surface area contributed by atoms with Gasteiger partial charge in [0.15, 0.2) is 5.96 Å². The summed E-state index contributed by atoms with van der Waals surface area (Å²) in [6.07, 6.45) is -0.143. The Morgan fingerprint density at radius 2 is 1.89 bits per heavy atom. The van der Waals surface area contributed by atoms with Gasteiger partial charge in [-0.2, -0.15) is 0 Å². The number of aliphatic imine (C=N–C) groups is 1. The lowest BCUT2D eigenvalue weighted by atomic mass is 10.1. The maximum atomic E-state index is 13.2. The van der Waals surface area contributed by atoms with Crippen molar-refractivity contribution in [1.29, 1.82) is 0 Å². The molecule has 0 bridgehead atoms. The molecule has 0 heterocycles. The van der Waals surface area contributed by atoms with Crippen LogP contribution in [0.3, 0.4) is 0 Å². The van der Waals surface area contributed by atoms with E-state index in [9.17, 15) is 4.39 Å². The zero-order valence-corrected chi connectivity index (χ0v) is 16.2. The van der Waals surface area contributed by atoms with Crippen molar-refractivity contribution in [3.05, 3.63) is 65.5 Å². The van der Waals surface area contributed by atoms with Gasteiger partial charge in [0.05, 0.1) is 13.2 Å². The molecule has 2 aromatic carbocycles. The van der Waals surface area contributed by atoms with Crippen LogP contribution in [0.2, 0.25) is 0 Å². The van der Waals surface area contributed by atoms with Crippen LogP contribution in [0.1, 0.15) is 25.0 Å². The van der Waals surface area contributed by atoms with E-state index in [2.05, 4.69) is 27.8 Å². The van der Waals surface area contributed by atoms with Crippen molar-refractivity contribution in [2.75, 3.05) is 20.2 Å². The fourth-order valence-corrected chi connectivity index (χ4v) is 2.54. The number of hydrogen-bond donors (Lipinski definition) is 2. The number of halogens is 1. The fourth-order valence-electron chi connectivity index (χ4n) is 2.54. The minimum absolute atomic E-state index is 0.143. The van der Waals surface area contributed by atoms with Crippen LogP contribution in [0.25, 0.3) is 0 Å². The van der Waals surface area contributed by atoms with E-state index < -0.39 is 0 Å². The standard InChI is InChI=1S/C21H28FN3O2/c1-4-26-15-18-9-6-5-8-17(18)14-25-21(23-3)24-13-16(2)27-20-11-7-10-19(22)12-20/h5-12,16H,4,13-15H2,1-3H3,(H2,23,24,25). The van der Waals surface area contributed by atoms with Gasteiger partial charge < -0.3 is 20.1 Å². The smallest absolute Gasteiger partial charge is 0.191 e. The Morgan fingerprint density at radius 3 is 2.59 bits per heavy atom. The second kappa shape index (κ2) is 11.2. The van der Waals surface area contributed by atoms with Crippen LogP contribution in [0.5, 0.6) is 5.75 Å². The summed E-state index contributed by atoms with van der Waals surface area (Å²) >= 11 is 0. The monoisotopic (exact) mass is 373 g/mol. The average molecular weight is 373 g/mol. The van der Waals surface area contributed by atoms with Crippen LogP contribution < -0.4 is 15.4 Å². The molecular formula is C21H28FN3O2. The molecule has 2 aromatic rings. The molecule has 146 valence electrons. The van der Waals surface area contributed by atoms with E-state index in [0.717, 1.165) is 11.1 Å². The normalized spacial score (nSPS) is 12.5. The lowest BCUT2D eigenvalue weighted by Gasteiger charge is -2.18.